The van der Waals surface area contributed by atoms with Crippen LogP contribution in [0.1, 0.15) is 17.8 Å². The number of hydrogen-bond acceptors (Lipinski definition) is 2. The lowest BCUT2D eigenvalue weighted by Crippen LogP contribution is -1.84. The second-order valence-electron chi connectivity index (χ2n) is 3.35. The van der Waals surface area contributed by atoms with Crippen molar-refractivity contribution in [2.24, 2.45) is 0 Å². The van der Waals surface area contributed by atoms with Crippen LogP contribution in [0, 0.1) is 11.3 Å². The molecule has 0 aliphatic heterocycles. The molecular formula is C12H11N3. The van der Waals surface area contributed by atoms with Gasteiger partial charge in [-0.25, -0.2) is 4.98 Å². The number of aromatic amines is 1. The Bertz CT molecular complexity index is 531. The summed E-state index contributed by atoms with van der Waals surface area (Å²) in [6.07, 6.45) is 3.64. The summed E-state index contributed by atoms with van der Waals surface area (Å²) in [5.41, 5.74) is 2.48. The highest BCUT2D eigenvalue weighted by molar-refractivity contribution is 5.76. The smallest absolute Gasteiger partial charge is 0.107 e. The lowest BCUT2D eigenvalue weighted by molar-refractivity contribution is 0.918. The fraction of sp³-hybridized carbons (Fsp3) is 0.167. The first-order valence-electron chi connectivity index (χ1n) is 4.83. The number of nitriles is 1. The normalized spacial score (nSPS) is 10.1. The molecule has 15 heavy (non-hydrogen) atoms. The average Bonchev–Trinajstić information content (AvgIpc) is 2.67. The van der Waals surface area contributed by atoms with Crippen LogP contribution in [0.3, 0.4) is 0 Å². The number of nitrogens with zero attached hydrogens (tertiary/aromatic N) is 2. The first-order valence-corrected chi connectivity index (χ1v) is 4.83. The zero-order valence-electron chi connectivity index (χ0n) is 8.33. The first kappa shape index (κ1) is 9.47. The van der Waals surface area contributed by atoms with E-state index < -0.39 is 0 Å². The van der Waals surface area contributed by atoms with Crippen LogP contribution < -0.4 is 0 Å². The van der Waals surface area contributed by atoms with Crippen LogP contribution in [0.15, 0.2) is 30.9 Å². The standard InChI is InChI=1S/C12H11N3/c1-2-3-4-12-14-10-6-5-9(8-13)7-11(10)15-12/h2,5-7H,1,3-4H2,(H,14,15). The highest BCUT2D eigenvalue weighted by Crippen LogP contribution is 2.14. The van der Waals surface area contributed by atoms with Gasteiger partial charge in [0.25, 0.3) is 0 Å². The highest BCUT2D eigenvalue weighted by atomic mass is 14.9. The number of allylic oxidation sites excluding steroid dienone is 1. The molecule has 0 saturated heterocycles. The maximum Gasteiger partial charge on any atom is 0.107 e. The molecule has 74 valence electrons. The lowest BCUT2D eigenvalue weighted by atomic mass is 10.2. The number of imidazole rings is 1. The molecule has 0 saturated carbocycles. The summed E-state index contributed by atoms with van der Waals surface area (Å²) in [5, 5.41) is 8.74. The number of nitrogens with one attached hydrogen (secondary N) is 1. The van der Waals surface area contributed by atoms with E-state index in [-0.39, 0.29) is 0 Å². The molecule has 0 spiro atoms. The summed E-state index contributed by atoms with van der Waals surface area (Å²) in [7, 11) is 0. The Hall–Kier alpha value is -2.08. The Morgan fingerprint density at radius 1 is 1.53 bits per heavy atom. The number of H-pyrrole nitrogens is 1. The number of hydrogen-bond donors (Lipinski definition) is 1. The van der Waals surface area contributed by atoms with Gasteiger partial charge in [-0.2, -0.15) is 5.26 Å². The van der Waals surface area contributed by atoms with E-state index in [4.69, 9.17) is 5.26 Å². The van der Waals surface area contributed by atoms with Crippen molar-refractivity contribution in [1.29, 1.82) is 5.26 Å². The predicted molar refractivity (Wildman–Crippen MR) is 59.3 cm³/mol. The quantitative estimate of drug-likeness (QED) is 0.769. The van der Waals surface area contributed by atoms with Gasteiger partial charge in [0.05, 0.1) is 22.7 Å². The van der Waals surface area contributed by atoms with E-state index in [0.717, 1.165) is 29.7 Å². The number of aryl methyl sites for hydroxylation is 1. The molecule has 0 aliphatic carbocycles. The third-order valence-corrected chi connectivity index (χ3v) is 2.25. The Morgan fingerprint density at radius 3 is 3.13 bits per heavy atom. The van der Waals surface area contributed by atoms with Gasteiger partial charge in [0.15, 0.2) is 0 Å². The molecule has 2 aromatic rings. The molecule has 1 N–H and O–H groups in total. The zero-order chi connectivity index (χ0) is 10.7. The predicted octanol–water partition coefficient (Wildman–Crippen LogP) is 2.55. The molecule has 1 heterocycles. The minimum atomic E-state index is 0.643. The number of rotatable bonds is 3. The van der Waals surface area contributed by atoms with Crippen molar-refractivity contribution in [2.75, 3.05) is 0 Å². The topological polar surface area (TPSA) is 52.5 Å². The van der Waals surface area contributed by atoms with Gasteiger partial charge >= 0.3 is 0 Å². The summed E-state index contributed by atoms with van der Waals surface area (Å²) in [6.45, 7) is 3.67. The van der Waals surface area contributed by atoms with E-state index in [1.807, 2.05) is 12.1 Å². The first-order chi connectivity index (χ1) is 7.33. The second-order valence-corrected chi connectivity index (χ2v) is 3.35. The maximum atomic E-state index is 8.74. The maximum absolute atomic E-state index is 8.74. The average molecular weight is 197 g/mol. The number of fused-ring (bicyclic) bond motifs is 1. The van der Waals surface area contributed by atoms with Crippen molar-refractivity contribution in [3.63, 3.8) is 0 Å². The van der Waals surface area contributed by atoms with E-state index in [2.05, 4.69) is 22.6 Å². The van der Waals surface area contributed by atoms with E-state index in [0.29, 0.717) is 5.56 Å². The Balaban J connectivity index is 2.38. The van der Waals surface area contributed by atoms with Gasteiger partial charge in [-0.15, -0.1) is 6.58 Å². The van der Waals surface area contributed by atoms with Crippen LogP contribution in [-0.4, -0.2) is 9.97 Å². The minimum Gasteiger partial charge on any atom is -0.342 e. The molecule has 0 bridgehead atoms. The van der Waals surface area contributed by atoms with E-state index in [9.17, 15) is 0 Å². The summed E-state index contributed by atoms with van der Waals surface area (Å²) < 4.78 is 0. The summed E-state index contributed by atoms with van der Waals surface area (Å²) in [5.74, 6) is 0.944. The third kappa shape index (κ3) is 1.89. The Morgan fingerprint density at radius 2 is 2.40 bits per heavy atom. The second kappa shape index (κ2) is 3.97. The molecule has 2 rings (SSSR count). The van der Waals surface area contributed by atoms with Crippen molar-refractivity contribution in [1.82, 2.24) is 9.97 Å². The van der Waals surface area contributed by atoms with Crippen LogP contribution in [-0.2, 0) is 6.42 Å². The molecule has 1 aromatic heterocycles. The molecule has 3 nitrogen and oxygen atoms in total. The number of benzene rings is 1. The van der Waals surface area contributed by atoms with Crippen molar-refractivity contribution >= 4 is 11.0 Å². The van der Waals surface area contributed by atoms with Crippen LogP contribution >= 0.6 is 0 Å². The van der Waals surface area contributed by atoms with Crippen LogP contribution in [0.25, 0.3) is 11.0 Å². The van der Waals surface area contributed by atoms with Gasteiger partial charge in [-0.3, -0.25) is 0 Å². The highest BCUT2D eigenvalue weighted by Gasteiger charge is 2.02. The summed E-state index contributed by atoms with van der Waals surface area (Å²) >= 11 is 0. The van der Waals surface area contributed by atoms with Crippen molar-refractivity contribution in [3.8, 4) is 6.07 Å². The number of aromatic nitrogens is 2. The molecular weight excluding hydrogens is 186 g/mol. The third-order valence-electron chi connectivity index (χ3n) is 2.25. The van der Waals surface area contributed by atoms with Crippen LogP contribution in [0.4, 0.5) is 0 Å². The monoisotopic (exact) mass is 197 g/mol. The van der Waals surface area contributed by atoms with E-state index >= 15 is 0 Å². The molecule has 0 amide bonds. The van der Waals surface area contributed by atoms with Gasteiger partial charge in [-0.1, -0.05) is 6.08 Å². The summed E-state index contributed by atoms with van der Waals surface area (Å²) in [6, 6.07) is 7.57. The zero-order valence-corrected chi connectivity index (χ0v) is 8.33. The molecule has 0 radical (unpaired) electrons. The van der Waals surface area contributed by atoms with E-state index in [1.165, 1.54) is 0 Å². The van der Waals surface area contributed by atoms with Gasteiger partial charge in [0.1, 0.15) is 5.82 Å². The van der Waals surface area contributed by atoms with Crippen molar-refractivity contribution in [3.05, 3.63) is 42.2 Å². The minimum absolute atomic E-state index is 0.643. The molecule has 3 heteroatoms. The molecule has 0 fully saturated rings. The largest absolute Gasteiger partial charge is 0.342 e. The molecule has 1 aromatic carbocycles. The lowest BCUT2D eigenvalue weighted by Gasteiger charge is -1.88. The Labute approximate surface area is 88.1 Å². The van der Waals surface area contributed by atoms with Crippen molar-refractivity contribution in [2.45, 2.75) is 12.8 Å². The van der Waals surface area contributed by atoms with Gasteiger partial charge in [-0.05, 0) is 24.6 Å². The van der Waals surface area contributed by atoms with Crippen molar-refractivity contribution < 1.29 is 0 Å². The molecule has 0 unspecified atom stereocenters. The van der Waals surface area contributed by atoms with Gasteiger partial charge < -0.3 is 4.98 Å². The fourth-order valence-electron chi connectivity index (χ4n) is 1.49. The van der Waals surface area contributed by atoms with Gasteiger partial charge in [0.2, 0.25) is 0 Å². The molecule has 0 atom stereocenters. The van der Waals surface area contributed by atoms with E-state index in [1.54, 1.807) is 12.1 Å². The van der Waals surface area contributed by atoms with Crippen LogP contribution in [0.5, 0.6) is 0 Å². The SMILES string of the molecule is C=CCCc1nc2cc(C#N)ccc2[nH]1. The molecule has 0 aliphatic rings. The van der Waals surface area contributed by atoms with Crippen LogP contribution in [0.2, 0.25) is 0 Å². The van der Waals surface area contributed by atoms with Gasteiger partial charge in [0, 0.05) is 6.42 Å². The Kier molecular flexibility index (Phi) is 2.51. The summed E-state index contributed by atoms with van der Waals surface area (Å²) in [4.78, 5) is 7.62. The fourth-order valence-corrected chi connectivity index (χ4v) is 1.49.